The van der Waals surface area contributed by atoms with Crippen LogP contribution in [0.5, 0.6) is 0 Å². The number of rotatable bonds is 4. The maximum Gasteiger partial charge on any atom is 0.338 e. The summed E-state index contributed by atoms with van der Waals surface area (Å²) in [4.78, 5) is 11.3. The predicted molar refractivity (Wildman–Crippen MR) is 50.4 cm³/mol. The maximum absolute atomic E-state index is 11.3. The number of carbonyl (C=O) groups excluding carboxylic acids is 1. The Hall–Kier alpha value is -1.35. The summed E-state index contributed by atoms with van der Waals surface area (Å²) in [5, 5.41) is 0. The van der Waals surface area contributed by atoms with Gasteiger partial charge in [-0.1, -0.05) is 18.2 Å². The van der Waals surface area contributed by atoms with Gasteiger partial charge in [-0.05, 0) is 25.1 Å². The van der Waals surface area contributed by atoms with E-state index in [1.54, 1.807) is 24.3 Å². The molecule has 1 aromatic rings. The van der Waals surface area contributed by atoms with Crippen LogP contribution < -0.4 is 5.73 Å². The molecule has 0 aliphatic carbocycles. The van der Waals surface area contributed by atoms with Crippen molar-refractivity contribution in [2.45, 2.75) is 6.42 Å². The molecule has 0 fully saturated rings. The van der Waals surface area contributed by atoms with Crippen LogP contribution in [0.15, 0.2) is 30.3 Å². The SMILES string of the molecule is NCCCOC(=O)c1ccccc1. The van der Waals surface area contributed by atoms with Crippen LogP contribution in [0.2, 0.25) is 0 Å². The van der Waals surface area contributed by atoms with Gasteiger partial charge in [0.1, 0.15) is 0 Å². The van der Waals surface area contributed by atoms with Crippen molar-refractivity contribution in [2.75, 3.05) is 13.2 Å². The molecule has 0 aromatic heterocycles. The van der Waals surface area contributed by atoms with E-state index < -0.39 is 0 Å². The normalized spacial score (nSPS) is 9.62. The second-order valence-electron chi connectivity index (χ2n) is 2.64. The Labute approximate surface area is 77.5 Å². The van der Waals surface area contributed by atoms with Gasteiger partial charge in [0.15, 0.2) is 0 Å². The molecule has 1 aromatic carbocycles. The highest BCUT2D eigenvalue weighted by Crippen LogP contribution is 2.00. The molecule has 0 aliphatic heterocycles. The molecule has 70 valence electrons. The molecule has 0 bridgehead atoms. The van der Waals surface area contributed by atoms with Crippen LogP contribution in [0.3, 0.4) is 0 Å². The molecule has 0 atom stereocenters. The number of benzene rings is 1. The zero-order chi connectivity index (χ0) is 9.52. The summed E-state index contributed by atoms with van der Waals surface area (Å²) in [5.74, 6) is -0.283. The summed E-state index contributed by atoms with van der Waals surface area (Å²) < 4.78 is 4.95. The minimum Gasteiger partial charge on any atom is -0.462 e. The summed E-state index contributed by atoms with van der Waals surface area (Å²) >= 11 is 0. The van der Waals surface area contributed by atoms with Crippen molar-refractivity contribution >= 4 is 5.97 Å². The number of ether oxygens (including phenoxy) is 1. The topological polar surface area (TPSA) is 52.3 Å². The largest absolute Gasteiger partial charge is 0.462 e. The van der Waals surface area contributed by atoms with Gasteiger partial charge < -0.3 is 10.5 Å². The molecular weight excluding hydrogens is 166 g/mol. The Bertz CT molecular complexity index is 259. The van der Waals surface area contributed by atoms with E-state index in [1.807, 2.05) is 6.07 Å². The molecule has 0 saturated carbocycles. The highest BCUT2D eigenvalue weighted by molar-refractivity contribution is 5.89. The first-order chi connectivity index (χ1) is 6.34. The Morgan fingerprint density at radius 2 is 2.00 bits per heavy atom. The van der Waals surface area contributed by atoms with Crippen LogP contribution in [-0.2, 0) is 4.74 Å². The van der Waals surface area contributed by atoms with Crippen molar-refractivity contribution in [3.05, 3.63) is 35.9 Å². The minimum absolute atomic E-state index is 0.283. The highest BCUT2D eigenvalue weighted by atomic mass is 16.5. The third kappa shape index (κ3) is 3.25. The molecule has 0 amide bonds. The van der Waals surface area contributed by atoms with Gasteiger partial charge in [0.2, 0.25) is 0 Å². The van der Waals surface area contributed by atoms with Crippen LogP contribution in [0.1, 0.15) is 16.8 Å². The third-order valence-corrected chi connectivity index (χ3v) is 1.59. The van der Waals surface area contributed by atoms with E-state index in [1.165, 1.54) is 0 Å². The van der Waals surface area contributed by atoms with Crippen LogP contribution >= 0.6 is 0 Å². The van der Waals surface area contributed by atoms with Gasteiger partial charge in [-0.15, -0.1) is 0 Å². The van der Waals surface area contributed by atoms with Gasteiger partial charge in [0.25, 0.3) is 0 Å². The fraction of sp³-hybridized carbons (Fsp3) is 0.300. The van der Waals surface area contributed by atoms with Gasteiger partial charge in [-0.2, -0.15) is 0 Å². The van der Waals surface area contributed by atoms with E-state index in [2.05, 4.69) is 0 Å². The summed E-state index contributed by atoms with van der Waals surface area (Å²) in [7, 11) is 0. The summed E-state index contributed by atoms with van der Waals surface area (Å²) in [6.45, 7) is 0.937. The lowest BCUT2D eigenvalue weighted by Gasteiger charge is -2.02. The van der Waals surface area contributed by atoms with E-state index in [0.717, 1.165) is 0 Å². The van der Waals surface area contributed by atoms with E-state index in [-0.39, 0.29) is 5.97 Å². The first kappa shape index (κ1) is 9.74. The van der Waals surface area contributed by atoms with Crippen LogP contribution in [-0.4, -0.2) is 19.1 Å². The van der Waals surface area contributed by atoms with Gasteiger partial charge >= 0.3 is 5.97 Å². The van der Waals surface area contributed by atoms with E-state index in [9.17, 15) is 4.79 Å². The molecule has 13 heavy (non-hydrogen) atoms. The summed E-state index contributed by atoms with van der Waals surface area (Å²) in [6.07, 6.45) is 0.707. The fourth-order valence-electron chi connectivity index (χ4n) is 0.906. The van der Waals surface area contributed by atoms with Crippen molar-refractivity contribution in [3.63, 3.8) is 0 Å². The number of nitrogens with two attached hydrogens (primary N) is 1. The van der Waals surface area contributed by atoms with E-state index in [0.29, 0.717) is 25.1 Å². The molecule has 0 saturated heterocycles. The zero-order valence-electron chi connectivity index (χ0n) is 7.40. The maximum atomic E-state index is 11.3. The molecule has 0 heterocycles. The van der Waals surface area contributed by atoms with E-state index >= 15 is 0 Å². The lowest BCUT2D eigenvalue weighted by molar-refractivity contribution is 0.0503. The summed E-state index contributed by atoms with van der Waals surface area (Å²) in [5.41, 5.74) is 5.85. The quantitative estimate of drug-likeness (QED) is 0.558. The Kier molecular flexibility index (Phi) is 3.99. The van der Waals surface area contributed by atoms with Gasteiger partial charge in [-0.25, -0.2) is 4.79 Å². The summed E-state index contributed by atoms with van der Waals surface area (Å²) in [6, 6.07) is 8.92. The molecule has 2 N–H and O–H groups in total. The first-order valence-electron chi connectivity index (χ1n) is 4.27. The molecule has 0 radical (unpaired) electrons. The predicted octanol–water partition coefficient (Wildman–Crippen LogP) is 1.19. The Morgan fingerprint density at radius 3 is 2.62 bits per heavy atom. The molecule has 0 unspecified atom stereocenters. The van der Waals surface area contributed by atoms with Crippen molar-refractivity contribution < 1.29 is 9.53 Å². The first-order valence-corrected chi connectivity index (χ1v) is 4.27. The van der Waals surface area contributed by atoms with Gasteiger partial charge in [-0.3, -0.25) is 0 Å². The highest BCUT2D eigenvalue weighted by Gasteiger charge is 2.03. The average Bonchev–Trinajstić information content (AvgIpc) is 2.19. The Balaban J connectivity index is 2.40. The van der Waals surface area contributed by atoms with Crippen molar-refractivity contribution in [3.8, 4) is 0 Å². The van der Waals surface area contributed by atoms with Crippen molar-refractivity contribution in [1.29, 1.82) is 0 Å². The lowest BCUT2D eigenvalue weighted by atomic mass is 10.2. The average molecular weight is 179 g/mol. The van der Waals surface area contributed by atoms with Gasteiger partial charge in [0, 0.05) is 0 Å². The molecule has 1 rings (SSSR count). The molecule has 3 heteroatoms. The van der Waals surface area contributed by atoms with Crippen molar-refractivity contribution in [2.24, 2.45) is 5.73 Å². The number of carbonyl (C=O) groups is 1. The minimum atomic E-state index is -0.283. The van der Waals surface area contributed by atoms with E-state index in [4.69, 9.17) is 10.5 Å². The number of hydrogen-bond donors (Lipinski definition) is 1. The lowest BCUT2D eigenvalue weighted by Crippen LogP contribution is -2.09. The standard InChI is InChI=1S/C10H13NO2/c11-7-4-8-13-10(12)9-5-2-1-3-6-9/h1-3,5-6H,4,7-8,11H2. The second kappa shape index (κ2) is 5.32. The molecular formula is C10H13NO2. The fourth-order valence-corrected chi connectivity index (χ4v) is 0.906. The van der Waals surface area contributed by atoms with Crippen LogP contribution in [0, 0.1) is 0 Å². The second-order valence-corrected chi connectivity index (χ2v) is 2.64. The van der Waals surface area contributed by atoms with Crippen LogP contribution in [0.4, 0.5) is 0 Å². The molecule has 0 spiro atoms. The molecule has 3 nitrogen and oxygen atoms in total. The number of hydrogen-bond acceptors (Lipinski definition) is 3. The monoisotopic (exact) mass is 179 g/mol. The molecule has 0 aliphatic rings. The number of esters is 1. The third-order valence-electron chi connectivity index (χ3n) is 1.59. The van der Waals surface area contributed by atoms with Crippen molar-refractivity contribution in [1.82, 2.24) is 0 Å². The zero-order valence-corrected chi connectivity index (χ0v) is 7.40. The Morgan fingerprint density at radius 1 is 1.31 bits per heavy atom. The van der Waals surface area contributed by atoms with Gasteiger partial charge in [0.05, 0.1) is 12.2 Å². The smallest absolute Gasteiger partial charge is 0.338 e. The van der Waals surface area contributed by atoms with Crippen LogP contribution in [0.25, 0.3) is 0 Å².